The largest absolute Gasteiger partial charge is 0.497 e. The standard InChI is InChI=1S/C30H31N7O2S/c1-38-25-12-10-24(11-13-25)37-33-30(32-34-37)8-4-5-16-36-26-6-2-3-7-28(26)40-29-14-9-23(22-27(29)36)31-15-17-35-18-20-39-21-19-35/h2-14,16,22,31H,15,17-21H2,1H3/b8-4+,16-5+. The van der Waals surface area contributed by atoms with Crippen LogP contribution >= 0.6 is 11.8 Å². The number of morpholine rings is 1. The number of fused-ring (bicyclic) bond motifs is 2. The number of nitrogens with zero attached hydrogens (tertiary/aromatic N) is 6. The minimum atomic E-state index is 0.530. The number of allylic oxidation sites excluding steroid dienone is 2. The van der Waals surface area contributed by atoms with E-state index in [-0.39, 0.29) is 0 Å². The Labute approximate surface area is 238 Å². The van der Waals surface area contributed by atoms with Gasteiger partial charge in [0.1, 0.15) is 5.75 Å². The molecule has 1 fully saturated rings. The van der Waals surface area contributed by atoms with Crippen LogP contribution in [0.2, 0.25) is 0 Å². The predicted molar refractivity (Wildman–Crippen MR) is 159 cm³/mol. The van der Waals surface area contributed by atoms with Gasteiger partial charge in [0.15, 0.2) is 5.82 Å². The lowest BCUT2D eigenvalue weighted by Crippen LogP contribution is -2.39. The number of hydrogen-bond donors (Lipinski definition) is 1. The Morgan fingerprint density at radius 3 is 2.65 bits per heavy atom. The second-order valence-electron chi connectivity index (χ2n) is 9.34. The maximum absolute atomic E-state index is 5.46. The van der Waals surface area contributed by atoms with Crippen molar-refractivity contribution >= 4 is 34.9 Å². The summed E-state index contributed by atoms with van der Waals surface area (Å²) in [5.41, 5.74) is 4.23. The zero-order chi connectivity index (χ0) is 27.1. The molecular weight excluding hydrogens is 522 g/mol. The molecule has 0 amide bonds. The van der Waals surface area contributed by atoms with Gasteiger partial charge in [-0.3, -0.25) is 4.90 Å². The second-order valence-corrected chi connectivity index (χ2v) is 10.4. The Bertz CT molecular complexity index is 1500. The molecular formula is C30H31N7O2S. The topological polar surface area (TPSA) is 80.6 Å². The fourth-order valence-corrected chi connectivity index (χ4v) is 5.68. The van der Waals surface area contributed by atoms with Crippen LogP contribution in [0, 0.1) is 0 Å². The first-order valence-electron chi connectivity index (χ1n) is 13.3. The van der Waals surface area contributed by atoms with E-state index in [1.165, 1.54) is 14.6 Å². The predicted octanol–water partition coefficient (Wildman–Crippen LogP) is 5.24. The zero-order valence-corrected chi connectivity index (χ0v) is 23.1. The van der Waals surface area contributed by atoms with Crippen LogP contribution in [-0.4, -0.2) is 71.6 Å². The molecule has 1 N–H and O–H groups in total. The van der Waals surface area contributed by atoms with Crippen LogP contribution < -0.4 is 15.0 Å². The Kier molecular flexibility index (Phi) is 8.08. The number of nitrogens with one attached hydrogen (secondary N) is 1. The van der Waals surface area contributed by atoms with E-state index in [1.54, 1.807) is 18.9 Å². The quantitative estimate of drug-likeness (QED) is 0.280. The van der Waals surface area contributed by atoms with Crippen molar-refractivity contribution in [2.75, 3.05) is 56.7 Å². The van der Waals surface area contributed by atoms with Gasteiger partial charge in [0, 0.05) is 47.9 Å². The van der Waals surface area contributed by atoms with Gasteiger partial charge in [-0.2, -0.15) is 0 Å². The van der Waals surface area contributed by atoms with Crippen molar-refractivity contribution in [3.63, 3.8) is 0 Å². The number of para-hydroxylation sites is 1. The number of benzene rings is 3. The van der Waals surface area contributed by atoms with Gasteiger partial charge >= 0.3 is 0 Å². The van der Waals surface area contributed by atoms with E-state index in [9.17, 15) is 0 Å². The summed E-state index contributed by atoms with van der Waals surface area (Å²) < 4.78 is 10.7. The maximum Gasteiger partial charge on any atom is 0.198 e. The fraction of sp³-hybridized carbons (Fsp3) is 0.233. The van der Waals surface area contributed by atoms with Gasteiger partial charge in [0.2, 0.25) is 0 Å². The van der Waals surface area contributed by atoms with Gasteiger partial charge in [-0.15, -0.1) is 15.0 Å². The first-order chi connectivity index (χ1) is 19.8. The van der Waals surface area contributed by atoms with E-state index in [0.717, 1.165) is 67.9 Å². The van der Waals surface area contributed by atoms with E-state index in [1.807, 2.05) is 42.5 Å². The smallest absolute Gasteiger partial charge is 0.198 e. The normalized spacial score (nSPS) is 15.4. The highest BCUT2D eigenvalue weighted by molar-refractivity contribution is 7.99. The first-order valence-corrected chi connectivity index (χ1v) is 14.1. The Balaban J connectivity index is 1.16. The molecule has 6 rings (SSSR count). The summed E-state index contributed by atoms with van der Waals surface area (Å²) in [4.78, 5) is 8.62. The van der Waals surface area contributed by atoms with Crippen LogP contribution in [0.3, 0.4) is 0 Å². The number of methoxy groups -OCH3 is 1. The monoisotopic (exact) mass is 553 g/mol. The molecule has 4 aromatic rings. The summed E-state index contributed by atoms with van der Waals surface area (Å²) in [5, 5.41) is 16.4. The van der Waals surface area contributed by atoms with Gasteiger partial charge in [-0.1, -0.05) is 30.0 Å². The number of anilines is 3. The van der Waals surface area contributed by atoms with Gasteiger partial charge < -0.3 is 19.7 Å². The van der Waals surface area contributed by atoms with Crippen molar-refractivity contribution in [1.82, 2.24) is 25.1 Å². The third-order valence-electron chi connectivity index (χ3n) is 6.75. The maximum atomic E-state index is 5.46. The Morgan fingerprint density at radius 1 is 0.975 bits per heavy atom. The molecule has 0 atom stereocenters. The number of hydrogen-bond acceptors (Lipinski definition) is 9. The first kappa shape index (κ1) is 26.1. The molecule has 0 radical (unpaired) electrons. The van der Waals surface area contributed by atoms with E-state index < -0.39 is 0 Å². The molecule has 0 bridgehead atoms. The lowest BCUT2D eigenvalue weighted by Gasteiger charge is -2.30. The minimum Gasteiger partial charge on any atom is -0.497 e. The molecule has 2 aliphatic heterocycles. The van der Waals surface area contributed by atoms with Crippen LogP contribution in [0.4, 0.5) is 17.1 Å². The van der Waals surface area contributed by atoms with E-state index >= 15 is 0 Å². The lowest BCUT2D eigenvalue weighted by atomic mass is 10.2. The number of ether oxygens (including phenoxy) is 2. The van der Waals surface area contributed by atoms with Gasteiger partial charge in [-0.05, 0) is 72.0 Å². The second kappa shape index (κ2) is 12.4. The van der Waals surface area contributed by atoms with Crippen molar-refractivity contribution in [3.05, 3.63) is 90.9 Å². The summed E-state index contributed by atoms with van der Waals surface area (Å²) >= 11 is 1.80. The SMILES string of the molecule is COc1ccc(-n2nnc(/C=C/C=C/N3c4ccccc4Sc4ccc(NCCN5CCOCC5)cc43)n2)cc1. The molecule has 2 aliphatic rings. The molecule has 0 saturated carbocycles. The van der Waals surface area contributed by atoms with Gasteiger partial charge in [-0.25, -0.2) is 0 Å². The molecule has 9 nitrogen and oxygen atoms in total. The molecule has 1 saturated heterocycles. The van der Waals surface area contributed by atoms with Gasteiger partial charge in [0.05, 0.1) is 37.4 Å². The molecule has 10 heteroatoms. The van der Waals surface area contributed by atoms with Crippen LogP contribution in [0.25, 0.3) is 11.8 Å². The number of tetrazole rings is 1. The zero-order valence-electron chi connectivity index (χ0n) is 22.3. The molecule has 0 unspecified atom stereocenters. The Morgan fingerprint density at radius 2 is 1.80 bits per heavy atom. The minimum absolute atomic E-state index is 0.530. The van der Waals surface area contributed by atoms with Crippen molar-refractivity contribution < 1.29 is 9.47 Å². The van der Waals surface area contributed by atoms with E-state index in [2.05, 4.69) is 79.2 Å². The highest BCUT2D eigenvalue weighted by Crippen LogP contribution is 2.49. The summed E-state index contributed by atoms with van der Waals surface area (Å²) in [6, 6.07) is 22.6. The van der Waals surface area contributed by atoms with Crippen molar-refractivity contribution in [2.45, 2.75) is 9.79 Å². The molecule has 204 valence electrons. The third-order valence-corrected chi connectivity index (χ3v) is 7.88. The highest BCUT2D eigenvalue weighted by Gasteiger charge is 2.22. The Hall–Kier alpha value is -4.12. The molecule has 0 spiro atoms. The summed E-state index contributed by atoms with van der Waals surface area (Å²) in [6.45, 7) is 5.54. The molecule has 1 aromatic heterocycles. The molecule has 3 heterocycles. The molecule has 3 aromatic carbocycles. The van der Waals surface area contributed by atoms with E-state index in [4.69, 9.17) is 9.47 Å². The van der Waals surface area contributed by atoms with Crippen molar-refractivity contribution in [1.29, 1.82) is 0 Å². The third kappa shape index (κ3) is 6.04. The average Bonchev–Trinajstić information content (AvgIpc) is 3.48. The van der Waals surface area contributed by atoms with Crippen LogP contribution in [0.15, 0.2) is 94.9 Å². The highest BCUT2D eigenvalue weighted by atomic mass is 32.2. The lowest BCUT2D eigenvalue weighted by molar-refractivity contribution is 0.0398. The summed E-state index contributed by atoms with van der Waals surface area (Å²) in [7, 11) is 1.64. The number of rotatable bonds is 9. The summed E-state index contributed by atoms with van der Waals surface area (Å²) in [5.74, 6) is 1.31. The van der Waals surface area contributed by atoms with Crippen molar-refractivity contribution in [3.8, 4) is 11.4 Å². The van der Waals surface area contributed by atoms with Crippen molar-refractivity contribution in [2.24, 2.45) is 0 Å². The number of aromatic nitrogens is 4. The summed E-state index contributed by atoms with van der Waals surface area (Å²) in [6.07, 6.45) is 7.87. The average molecular weight is 554 g/mol. The fourth-order valence-electron chi connectivity index (χ4n) is 4.63. The molecule has 0 aliphatic carbocycles. The van der Waals surface area contributed by atoms with Gasteiger partial charge in [0.25, 0.3) is 0 Å². The molecule has 40 heavy (non-hydrogen) atoms. The van der Waals surface area contributed by atoms with Crippen LogP contribution in [0.1, 0.15) is 5.82 Å². The van der Waals surface area contributed by atoms with Crippen LogP contribution in [-0.2, 0) is 4.74 Å². The van der Waals surface area contributed by atoms with Crippen LogP contribution in [0.5, 0.6) is 5.75 Å². The van der Waals surface area contributed by atoms with E-state index in [0.29, 0.717) is 5.82 Å².